The number of nitro benzene ring substituents is 1. The Balaban J connectivity index is 1.52. The van der Waals surface area contributed by atoms with Gasteiger partial charge in [-0.25, -0.2) is 4.68 Å². The predicted octanol–water partition coefficient (Wildman–Crippen LogP) is 5.06. The molecule has 10 nitrogen and oxygen atoms in total. The summed E-state index contributed by atoms with van der Waals surface area (Å²) < 4.78 is 12.7. The van der Waals surface area contributed by atoms with Crippen LogP contribution in [0.15, 0.2) is 71.9 Å². The Labute approximate surface area is 217 Å². The minimum atomic E-state index is -0.462. The van der Waals surface area contributed by atoms with Crippen LogP contribution in [0.1, 0.15) is 39.2 Å². The molecule has 4 aromatic rings. The van der Waals surface area contributed by atoms with E-state index < -0.39 is 4.92 Å². The van der Waals surface area contributed by atoms with Gasteiger partial charge in [0.05, 0.1) is 18.6 Å². The molecule has 0 saturated carbocycles. The number of benzene rings is 3. The van der Waals surface area contributed by atoms with Crippen LogP contribution in [0.4, 0.5) is 5.69 Å². The SMILES string of the molecule is COc1ccc(Cn2nnnc2SC(C)c2cc([N+](=O)[O-])ccc2OCC(=O)c2ccc(C)cc2)cc1. The number of Topliss-reactive ketones (excluding diaryl/α,β-unsaturated/α-hetero) is 1. The van der Waals surface area contributed by atoms with Gasteiger partial charge in [-0.15, -0.1) is 5.10 Å². The van der Waals surface area contributed by atoms with Crippen LogP contribution in [0.2, 0.25) is 0 Å². The number of carbonyl (C=O) groups excluding carboxylic acids is 1. The normalized spacial score (nSPS) is 11.6. The molecule has 0 aliphatic rings. The average molecular weight is 520 g/mol. The number of hydrogen-bond acceptors (Lipinski definition) is 9. The van der Waals surface area contributed by atoms with Crippen LogP contribution in [0.25, 0.3) is 0 Å². The summed E-state index contributed by atoms with van der Waals surface area (Å²) >= 11 is 1.34. The number of hydrogen-bond donors (Lipinski definition) is 0. The highest BCUT2D eigenvalue weighted by Crippen LogP contribution is 2.40. The maximum Gasteiger partial charge on any atom is 0.270 e. The summed E-state index contributed by atoms with van der Waals surface area (Å²) in [5.41, 5.74) is 3.06. The van der Waals surface area contributed by atoms with E-state index in [4.69, 9.17) is 9.47 Å². The second kappa shape index (κ2) is 11.7. The van der Waals surface area contributed by atoms with Crippen molar-refractivity contribution in [2.45, 2.75) is 30.8 Å². The molecule has 0 spiro atoms. The third-order valence-electron chi connectivity index (χ3n) is 5.65. The number of ether oxygens (including phenoxy) is 2. The van der Waals surface area contributed by atoms with Crippen LogP contribution in [-0.2, 0) is 6.54 Å². The van der Waals surface area contributed by atoms with E-state index in [0.29, 0.717) is 28.6 Å². The number of nitrogens with zero attached hydrogens (tertiary/aromatic N) is 5. The fourth-order valence-electron chi connectivity index (χ4n) is 3.57. The second-order valence-corrected chi connectivity index (χ2v) is 9.59. The number of rotatable bonds is 11. The van der Waals surface area contributed by atoms with Crippen LogP contribution in [-0.4, -0.2) is 44.6 Å². The molecule has 1 aromatic heterocycles. The van der Waals surface area contributed by atoms with Crippen LogP contribution >= 0.6 is 11.8 Å². The summed E-state index contributed by atoms with van der Waals surface area (Å²) in [7, 11) is 1.61. The lowest BCUT2D eigenvalue weighted by atomic mass is 10.1. The summed E-state index contributed by atoms with van der Waals surface area (Å²) in [6, 6.07) is 19.1. The molecule has 1 heterocycles. The van der Waals surface area contributed by atoms with Gasteiger partial charge >= 0.3 is 0 Å². The number of ketones is 1. The minimum absolute atomic E-state index is 0.0718. The van der Waals surface area contributed by atoms with Gasteiger partial charge in [-0.1, -0.05) is 53.7 Å². The van der Waals surface area contributed by atoms with E-state index in [0.717, 1.165) is 16.9 Å². The highest BCUT2D eigenvalue weighted by Gasteiger charge is 2.21. The molecule has 0 radical (unpaired) electrons. The zero-order chi connectivity index (χ0) is 26.4. The number of carbonyl (C=O) groups is 1. The van der Waals surface area contributed by atoms with Gasteiger partial charge in [0.15, 0.2) is 12.4 Å². The number of non-ortho nitro benzene ring substituents is 1. The molecule has 0 fully saturated rings. The average Bonchev–Trinajstić information content (AvgIpc) is 3.34. The Bertz CT molecular complexity index is 1390. The molecule has 0 saturated heterocycles. The highest BCUT2D eigenvalue weighted by molar-refractivity contribution is 7.99. The number of methoxy groups -OCH3 is 1. The molecule has 0 aliphatic heterocycles. The van der Waals surface area contributed by atoms with Crippen LogP contribution in [0, 0.1) is 17.0 Å². The van der Waals surface area contributed by atoms with E-state index in [1.165, 1.54) is 30.0 Å². The zero-order valence-electron chi connectivity index (χ0n) is 20.5. The molecule has 1 unspecified atom stereocenters. The number of tetrazole rings is 1. The van der Waals surface area contributed by atoms with Gasteiger partial charge in [-0.05, 0) is 48.0 Å². The predicted molar refractivity (Wildman–Crippen MR) is 138 cm³/mol. The van der Waals surface area contributed by atoms with Gasteiger partial charge in [-0.3, -0.25) is 14.9 Å². The number of aryl methyl sites for hydroxylation is 1. The summed E-state index contributed by atoms with van der Waals surface area (Å²) in [5, 5.41) is 23.7. The van der Waals surface area contributed by atoms with E-state index in [-0.39, 0.29) is 23.3 Å². The molecule has 11 heteroatoms. The largest absolute Gasteiger partial charge is 0.497 e. The standard InChI is InChI=1S/C26H25N5O5S/c1-17-4-8-20(9-5-17)24(32)16-36-25-13-10-21(31(33)34)14-23(25)18(2)37-26-27-28-29-30(26)15-19-6-11-22(35-3)12-7-19/h4-14,18H,15-16H2,1-3H3. The summed E-state index contributed by atoms with van der Waals surface area (Å²) in [5.74, 6) is 0.955. The molecule has 0 aliphatic carbocycles. The fourth-order valence-corrected chi connectivity index (χ4v) is 4.50. The van der Waals surface area contributed by atoms with E-state index >= 15 is 0 Å². The Morgan fingerprint density at radius 2 is 1.84 bits per heavy atom. The van der Waals surface area contributed by atoms with Crippen molar-refractivity contribution < 1.29 is 19.2 Å². The lowest BCUT2D eigenvalue weighted by Crippen LogP contribution is -2.13. The van der Waals surface area contributed by atoms with E-state index in [2.05, 4.69) is 15.5 Å². The van der Waals surface area contributed by atoms with Crippen molar-refractivity contribution in [1.29, 1.82) is 0 Å². The van der Waals surface area contributed by atoms with Crippen LogP contribution in [0.5, 0.6) is 11.5 Å². The van der Waals surface area contributed by atoms with Gasteiger partial charge < -0.3 is 9.47 Å². The lowest BCUT2D eigenvalue weighted by Gasteiger charge is -2.16. The monoisotopic (exact) mass is 519 g/mol. The van der Waals surface area contributed by atoms with Crippen molar-refractivity contribution in [3.05, 3.63) is 99.1 Å². The lowest BCUT2D eigenvalue weighted by molar-refractivity contribution is -0.384. The molecular weight excluding hydrogens is 494 g/mol. The first-order chi connectivity index (χ1) is 17.8. The molecule has 190 valence electrons. The fraction of sp³-hybridized carbons (Fsp3) is 0.231. The third kappa shape index (κ3) is 6.50. The smallest absolute Gasteiger partial charge is 0.270 e. The Morgan fingerprint density at radius 3 is 2.51 bits per heavy atom. The van der Waals surface area contributed by atoms with Crippen molar-refractivity contribution in [2.75, 3.05) is 13.7 Å². The van der Waals surface area contributed by atoms with Gasteiger partial charge in [-0.2, -0.15) is 0 Å². The van der Waals surface area contributed by atoms with Gasteiger partial charge in [0.1, 0.15) is 11.5 Å². The highest BCUT2D eigenvalue weighted by atomic mass is 32.2. The summed E-state index contributed by atoms with van der Waals surface area (Å²) in [4.78, 5) is 23.6. The Morgan fingerprint density at radius 1 is 1.11 bits per heavy atom. The summed E-state index contributed by atoms with van der Waals surface area (Å²) in [6.45, 7) is 4.07. The van der Waals surface area contributed by atoms with Crippen molar-refractivity contribution in [3.63, 3.8) is 0 Å². The van der Waals surface area contributed by atoms with Crippen LogP contribution < -0.4 is 9.47 Å². The molecule has 0 amide bonds. The Hall–Kier alpha value is -4.25. The number of nitro groups is 1. The molecule has 3 aromatic carbocycles. The van der Waals surface area contributed by atoms with E-state index in [1.54, 1.807) is 23.9 Å². The van der Waals surface area contributed by atoms with E-state index in [9.17, 15) is 14.9 Å². The maximum absolute atomic E-state index is 12.6. The molecule has 37 heavy (non-hydrogen) atoms. The van der Waals surface area contributed by atoms with Crippen molar-refractivity contribution in [3.8, 4) is 11.5 Å². The van der Waals surface area contributed by atoms with Gasteiger partial charge in [0.25, 0.3) is 5.69 Å². The Kier molecular flexibility index (Phi) is 8.14. The van der Waals surface area contributed by atoms with Crippen molar-refractivity contribution in [2.24, 2.45) is 0 Å². The molecule has 0 N–H and O–H groups in total. The zero-order valence-corrected chi connectivity index (χ0v) is 21.3. The second-order valence-electron chi connectivity index (χ2n) is 8.28. The van der Waals surface area contributed by atoms with Gasteiger partial charge in [0.2, 0.25) is 5.16 Å². The molecular formula is C26H25N5O5S. The van der Waals surface area contributed by atoms with Crippen LogP contribution in [0.3, 0.4) is 0 Å². The van der Waals surface area contributed by atoms with Gasteiger partial charge in [0, 0.05) is 28.5 Å². The summed E-state index contributed by atoms with van der Waals surface area (Å²) in [6.07, 6.45) is 0. The minimum Gasteiger partial charge on any atom is -0.497 e. The molecule has 0 bridgehead atoms. The maximum atomic E-state index is 12.6. The quantitative estimate of drug-likeness (QED) is 0.116. The van der Waals surface area contributed by atoms with Crippen molar-refractivity contribution in [1.82, 2.24) is 20.2 Å². The number of aromatic nitrogens is 4. The van der Waals surface area contributed by atoms with Crippen molar-refractivity contribution >= 4 is 23.2 Å². The first kappa shape index (κ1) is 25.8. The first-order valence-electron chi connectivity index (χ1n) is 11.4. The topological polar surface area (TPSA) is 122 Å². The third-order valence-corrected chi connectivity index (χ3v) is 6.76. The van der Waals surface area contributed by atoms with E-state index in [1.807, 2.05) is 50.2 Å². The number of thioether (sulfide) groups is 1. The molecule has 1 atom stereocenters. The first-order valence-corrected chi connectivity index (χ1v) is 12.3. The molecule has 4 rings (SSSR count).